The van der Waals surface area contributed by atoms with Gasteiger partial charge in [0.15, 0.2) is 0 Å². The van der Waals surface area contributed by atoms with Crippen molar-refractivity contribution in [2.75, 3.05) is 13.7 Å². The van der Waals surface area contributed by atoms with E-state index in [1.807, 2.05) is 12.1 Å². The number of aromatic amines is 1. The summed E-state index contributed by atoms with van der Waals surface area (Å²) in [5.41, 5.74) is 0.533. The van der Waals surface area contributed by atoms with Crippen molar-refractivity contribution in [1.29, 1.82) is 0 Å². The zero-order valence-electron chi connectivity index (χ0n) is 21.1. The summed E-state index contributed by atoms with van der Waals surface area (Å²) in [4.78, 5) is 52.9. The fourth-order valence-corrected chi connectivity index (χ4v) is 4.97. The van der Waals surface area contributed by atoms with E-state index in [-0.39, 0.29) is 41.0 Å². The molecule has 0 aliphatic carbocycles. The third-order valence-electron chi connectivity index (χ3n) is 6.90. The molecule has 2 heterocycles. The van der Waals surface area contributed by atoms with Gasteiger partial charge in [-0.1, -0.05) is 24.3 Å². The maximum Gasteiger partial charge on any atom is 0.295 e. The maximum absolute atomic E-state index is 13.3. The van der Waals surface area contributed by atoms with Crippen molar-refractivity contribution in [2.24, 2.45) is 0 Å². The molecular formula is C28H22N4O8. The van der Waals surface area contributed by atoms with Gasteiger partial charge in [-0.05, 0) is 36.2 Å². The largest absolute Gasteiger partial charge is 0.507 e. The number of nitrogens with one attached hydrogen (secondary N) is 1. The van der Waals surface area contributed by atoms with Gasteiger partial charge >= 0.3 is 0 Å². The van der Waals surface area contributed by atoms with E-state index in [2.05, 4.69) is 4.98 Å². The highest BCUT2D eigenvalue weighted by Crippen LogP contribution is 2.43. The maximum atomic E-state index is 13.3. The number of methoxy groups -OCH3 is 1. The molecule has 40 heavy (non-hydrogen) atoms. The summed E-state index contributed by atoms with van der Waals surface area (Å²) in [6, 6.07) is 14.8. The highest BCUT2D eigenvalue weighted by Gasteiger charge is 2.48. The van der Waals surface area contributed by atoms with Gasteiger partial charge in [-0.3, -0.25) is 29.8 Å². The van der Waals surface area contributed by atoms with Crippen molar-refractivity contribution in [3.05, 3.63) is 115 Å². The molecule has 2 N–H and O–H groups in total. The first kappa shape index (κ1) is 26.1. The lowest BCUT2D eigenvalue weighted by atomic mass is 9.94. The molecule has 3 aromatic carbocycles. The standard InChI is InChI=1S/C28H22N4O8/c1-40-19-9-10-22-21(14-19)17(15-29-22)11-12-30-25(20-7-2-3-8-23(20)32(38)39)24(27(34)28(30)35)26(33)16-5-4-6-18(13-16)31(36)37/h2-10,13-15,25,29,33H,11-12H2,1H3/t25-/m1/s1. The Balaban J connectivity index is 1.62. The van der Waals surface area contributed by atoms with Gasteiger partial charge in [-0.2, -0.15) is 0 Å². The molecule has 1 aliphatic heterocycles. The second kappa shape index (κ2) is 10.3. The number of ether oxygens (including phenoxy) is 1. The van der Waals surface area contributed by atoms with Gasteiger partial charge in [-0.25, -0.2) is 0 Å². The van der Waals surface area contributed by atoms with E-state index in [1.54, 1.807) is 19.4 Å². The van der Waals surface area contributed by atoms with Crippen LogP contribution >= 0.6 is 0 Å². The molecule has 0 bridgehead atoms. The number of carbonyl (C=O) groups excluding carboxylic acids is 2. The van der Waals surface area contributed by atoms with Crippen LogP contribution in [0.1, 0.15) is 22.7 Å². The first-order valence-electron chi connectivity index (χ1n) is 12.1. The third kappa shape index (κ3) is 4.51. The normalized spacial score (nSPS) is 16.4. The summed E-state index contributed by atoms with van der Waals surface area (Å²) < 4.78 is 5.31. The minimum Gasteiger partial charge on any atom is -0.507 e. The second-order valence-corrected chi connectivity index (χ2v) is 9.09. The molecule has 1 atom stereocenters. The van der Waals surface area contributed by atoms with Crippen molar-refractivity contribution in [3.63, 3.8) is 0 Å². The zero-order chi connectivity index (χ0) is 28.6. The van der Waals surface area contributed by atoms with E-state index >= 15 is 0 Å². The summed E-state index contributed by atoms with van der Waals surface area (Å²) in [5, 5.41) is 35.3. The molecule has 0 spiro atoms. The second-order valence-electron chi connectivity index (χ2n) is 9.09. The fourth-order valence-electron chi connectivity index (χ4n) is 4.97. The van der Waals surface area contributed by atoms with Crippen LogP contribution in [0.15, 0.2) is 78.5 Å². The van der Waals surface area contributed by atoms with E-state index in [4.69, 9.17) is 4.74 Å². The van der Waals surface area contributed by atoms with Crippen LogP contribution in [0.5, 0.6) is 5.75 Å². The number of para-hydroxylation sites is 1. The number of ketones is 1. The minimum atomic E-state index is -1.30. The number of aliphatic hydroxyl groups is 1. The van der Waals surface area contributed by atoms with Crippen LogP contribution in [0.4, 0.5) is 11.4 Å². The molecule has 1 aliphatic rings. The van der Waals surface area contributed by atoms with Gasteiger partial charge in [0.05, 0.1) is 34.1 Å². The molecule has 0 unspecified atom stereocenters. The Kier molecular flexibility index (Phi) is 6.74. The third-order valence-corrected chi connectivity index (χ3v) is 6.90. The number of aliphatic hydroxyl groups excluding tert-OH is 1. The summed E-state index contributed by atoms with van der Waals surface area (Å²) in [7, 11) is 1.54. The number of hydrogen-bond acceptors (Lipinski definition) is 8. The number of H-pyrrole nitrogens is 1. The monoisotopic (exact) mass is 542 g/mol. The molecule has 1 saturated heterocycles. The molecule has 202 valence electrons. The number of rotatable bonds is 8. The number of benzene rings is 3. The van der Waals surface area contributed by atoms with Gasteiger partial charge in [0.2, 0.25) is 0 Å². The van der Waals surface area contributed by atoms with Crippen LogP contribution in [0.3, 0.4) is 0 Å². The SMILES string of the molecule is COc1ccc2[nH]cc(CCN3C(=O)C(=O)C(=C(O)c4cccc([N+](=O)[O-])c4)[C@H]3c3ccccc3[N+](=O)[O-])c2c1. The lowest BCUT2D eigenvalue weighted by molar-refractivity contribution is -0.385. The Labute approximate surface area is 226 Å². The number of fused-ring (bicyclic) bond motifs is 1. The summed E-state index contributed by atoms with van der Waals surface area (Å²) >= 11 is 0. The molecule has 5 rings (SSSR count). The Hall–Kier alpha value is -5.52. The van der Waals surface area contributed by atoms with Crippen LogP contribution in [-0.4, -0.2) is 50.2 Å². The van der Waals surface area contributed by atoms with Gasteiger partial charge in [0.1, 0.15) is 11.5 Å². The van der Waals surface area contributed by atoms with Crippen molar-refractivity contribution < 1.29 is 29.3 Å². The van der Waals surface area contributed by atoms with Crippen LogP contribution in [0.25, 0.3) is 16.7 Å². The number of non-ortho nitro benzene ring substituents is 1. The number of amides is 1. The average Bonchev–Trinajstić information content (AvgIpc) is 3.48. The van der Waals surface area contributed by atoms with E-state index in [9.17, 15) is 34.9 Å². The predicted octanol–water partition coefficient (Wildman–Crippen LogP) is 4.66. The van der Waals surface area contributed by atoms with E-state index in [0.717, 1.165) is 22.5 Å². The lowest BCUT2D eigenvalue weighted by Gasteiger charge is -2.25. The van der Waals surface area contributed by atoms with Crippen LogP contribution in [0.2, 0.25) is 0 Å². The summed E-state index contributed by atoms with van der Waals surface area (Å²) in [6.45, 7) is -0.0167. The first-order valence-corrected chi connectivity index (χ1v) is 12.1. The quantitative estimate of drug-likeness (QED) is 0.106. The molecule has 1 amide bonds. The smallest absolute Gasteiger partial charge is 0.295 e. The number of carbonyl (C=O) groups is 2. The van der Waals surface area contributed by atoms with Crippen molar-refractivity contribution in [3.8, 4) is 5.75 Å². The van der Waals surface area contributed by atoms with Crippen molar-refractivity contribution >= 4 is 39.7 Å². The molecule has 1 aromatic heterocycles. The highest BCUT2D eigenvalue weighted by atomic mass is 16.6. The molecule has 12 heteroatoms. The molecule has 0 radical (unpaired) electrons. The van der Waals surface area contributed by atoms with Crippen molar-refractivity contribution in [2.45, 2.75) is 12.5 Å². The molecule has 12 nitrogen and oxygen atoms in total. The predicted molar refractivity (Wildman–Crippen MR) is 144 cm³/mol. The van der Waals surface area contributed by atoms with E-state index in [1.165, 1.54) is 47.4 Å². The molecule has 0 saturated carbocycles. The van der Waals surface area contributed by atoms with Crippen molar-refractivity contribution in [1.82, 2.24) is 9.88 Å². The number of aromatic nitrogens is 1. The Morgan fingerprint density at radius 3 is 2.52 bits per heavy atom. The van der Waals surface area contributed by atoms with Crippen LogP contribution in [-0.2, 0) is 16.0 Å². The molecule has 4 aromatic rings. The first-order chi connectivity index (χ1) is 19.2. The lowest BCUT2D eigenvalue weighted by Crippen LogP contribution is -2.32. The number of likely N-dealkylation sites (tertiary alicyclic amines) is 1. The van der Waals surface area contributed by atoms with Gasteiger partial charge < -0.3 is 19.7 Å². The number of Topliss-reactive ketones (excluding diaryl/α,β-unsaturated/α-hetero) is 1. The van der Waals surface area contributed by atoms with Gasteiger partial charge in [-0.15, -0.1) is 0 Å². The van der Waals surface area contributed by atoms with Crippen LogP contribution < -0.4 is 4.74 Å². The molecular weight excluding hydrogens is 520 g/mol. The number of nitro benzene ring substituents is 2. The molecule has 1 fully saturated rings. The Morgan fingerprint density at radius 1 is 1.02 bits per heavy atom. The summed E-state index contributed by atoms with van der Waals surface area (Å²) in [6.07, 6.45) is 2.04. The number of nitro groups is 2. The van der Waals surface area contributed by atoms with Crippen LogP contribution in [0, 0.1) is 20.2 Å². The Morgan fingerprint density at radius 2 is 1.80 bits per heavy atom. The van der Waals surface area contributed by atoms with E-state index in [0.29, 0.717) is 5.75 Å². The number of hydrogen-bond donors (Lipinski definition) is 2. The zero-order valence-corrected chi connectivity index (χ0v) is 21.1. The minimum absolute atomic E-state index is 0.0167. The number of nitrogens with zero attached hydrogens (tertiary/aromatic N) is 3. The van der Waals surface area contributed by atoms with Gasteiger partial charge in [0.25, 0.3) is 23.1 Å². The highest BCUT2D eigenvalue weighted by molar-refractivity contribution is 6.46. The fraction of sp³-hybridized carbons (Fsp3) is 0.143. The van der Waals surface area contributed by atoms with Gasteiger partial charge in [0, 0.05) is 47.4 Å². The average molecular weight is 543 g/mol. The topological polar surface area (TPSA) is 169 Å². The Bertz CT molecular complexity index is 1720. The summed E-state index contributed by atoms with van der Waals surface area (Å²) in [5.74, 6) is -2.03. The van der Waals surface area contributed by atoms with E-state index < -0.39 is 33.3 Å².